The van der Waals surface area contributed by atoms with Crippen LogP contribution in [0.4, 0.5) is 11.4 Å². The molecular formula is C28H26N4S2. The zero-order chi connectivity index (χ0) is 23.3. The van der Waals surface area contributed by atoms with Gasteiger partial charge >= 0.3 is 0 Å². The maximum Gasteiger partial charge on any atom is 0.190 e. The fourth-order valence-corrected chi connectivity index (χ4v) is 5.97. The minimum Gasteiger partial charge on any atom is -0.317 e. The highest BCUT2D eigenvalue weighted by molar-refractivity contribution is 7.07. The Bertz CT molecular complexity index is 1410. The summed E-state index contributed by atoms with van der Waals surface area (Å²) in [5, 5.41) is 4.37. The van der Waals surface area contributed by atoms with Gasteiger partial charge < -0.3 is 9.13 Å². The van der Waals surface area contributed by atoms with E-state index in [1.807, 2.05) is 30.3 Å². The van der Waals surface area contributed by atoms with E-state index >= 15 is 0 Å². The molecule has 0 fully saturated rings. The van der Waals surface area contributed by atoms with Crippen LogP contribution in [0.1, 0.15) is 13.8 Å². The fourth-order valence-electron chi connectivity index (χ4n) is 3.98. The van der Waals surface area contributed by atoms with Crippen LogP contribution >= 0.6 is 22.7 Å². The molecular weight excluding hydrogens is 456 g/mol. The van der Waals surface area contributed by atoms with Crippen molar-refractivity contribution < 1.29 is 0 Å². The van der Waals surface area contributed by atoms with Crippen LogP contribution in [0.5, 0.6) is 0 Å². The molecule has 0 aliphatic heterocycles. The van der Waals surface area contributed by atoms with Crippen molar-refractivity contribution in [2.24, 2.45) is 9.98 Å². The van der Waals surface area contributed by atoms with Crippen molar-refractivity contribution in [1.82, 2.24) is 9.13 Å². The molecule has 3 aromatic carbocycles. The number of nitrogens with zero attached hydrogens (tertiary/aromatic N) is 4. The van der Waals surface area contributed by atoms with E-state index in [1.54, 1.807) is 22.7 Å². The molecule has 0 aliphatic rings. The zero-order valence-corrected chi connectivity index (χ0v) is 20.9. The first-order chi connectivity index (χ1) is 16.8. The van der Waals surface area contributed by atoms with Crippen molar-refractivity contribution in [2.75, 3.05) is 0 Å². The Labute approximate surface area is 207 Å². The number of benzene rings is 3. The second-order valence-corrected chi connectivity index (χ2v) is 9.44. The van der Waals surface area contributed by atoms with E-state index < -0.39 is 0 Å². The predicted molar refractivity (Wildman–Crippen MR) is 144 cm³/mol. The lowest BCUT2D eigenvalue weighted by atomic mass is 10.2. The lowest BCUT2D eigenvalue weighted by molar-refractivity contribution is 0.744. The first kappa shape index (κ1) is 22.3. The Morgan fingerprint density at radius 2 is 1.03 bits per heavy atom. The second kappa shape index (κ2) is 10.2. The number of thiazole rings is 2. The van der Waals surface area contributed by atoms with Crippen molar-refractivity contribution in [3.8, 4) is 22.5 Å². The summed E-state index contributed by atoms with van der Waals surface area (Å²) < 4.78 is 4.53. The van der Waals surface area contributed by atoms with Gasteiger partial charge in [0.1, 0.15) is 0 Å². The standard InChI is InChI=1S/C28H26N4S2/c1-3-31-25(21-12-7-5-8-13-21)19-33-27(31)29-23-16-11-17-24(18-23)30-28-32(4-2)26(20-34-28)22-14-9-6-10-15-22/h5-20H,3-4H2,1-2H3. The van der Waals surface area contributed by atoms with Gasteiger partial charge in [0.15, 0.2) is 9.60 Å². The summed E-state index contributed by atoms with van der Waals surface area (Å²) in [5.41, 5.74) is 6.64. The second-order valence-electron chi connectivity index (χ2n) is 7.77. The first-order valence-electron chi connectivity index (χ1n) is 11.4. The molecule has 0 saturated heterocycles. The molecule has 0 unspecified atom stereocenters. The van der Waals surface area contributed by atoms with Crippen molar-refractivity contribution in [3.63, 3.8) is 0 Å². The lowest BCUT2D eigenvalue weighted by Crippen LogP contribution is -2.14. The fraction of sp³-hybridized carbons (Fsp3) is 0.143. The van der Waals surface area contributed by atoms with Crippen LogP contribution in [-0.2, 0) is 13.1 Å². The molecule has 2 heterocycles. The van der Waals surface area contributed by atoms with Crippen LogP contribution in [0.3, 0.4) is 0 Å². The maximum atomic E-state index is 4.97. The van der Waals surface area contributed by atoms with E-state index in [2.05, 4.69) is 88.3 Å². The highest BCUT2D eigenvalue weighted by Crippen LogP contribution is 2.24. The van der Waals surface area contributed by atoms with Crippen molar-refractivity contribution in [3.05, 3.63) is 105 Å². The number of aromatic nitrogens is 2. The monoisotopic (exact) mass is 482 g/mol. The lowest BCUT2D eigenvalue weighted by Gasteiger charge is -2.06. The molecule has 0 spiro atoms. The van der Waals surface area contributed by atoms with Gasteiger partial charge in [0.2, 0.25) is 0 Å². The average molecular weight is 483 g/mol. The van der Waals surface area contributed by atoms with Crippen LogP contribution in [-0.4, -0.2) is 9.13 Å². The first-order valence-corrected chi connectivity index (χ1v) is 13.2. The van der Waals surface area contributed by atoms with Crippen LogP contribution in [0.15, 0.2) is 106 Å². The molecule has 0 amide bonds. The normalized spacial score (nSPS) is 12.4. The van der Waals surface area contributed by atoms with Gasteiger partial charge in [-0.1, -0.05) is 66.7 Å². The molecule has 0 saturated carbocycles. The minimum absolute atomic E-state index is 0.866. The predicted octanol–water partition coefficient (Wildman–Crippen LogP) is 7.25. The van der Waals surface area contributed by atoms with Crippen LogP contribution in [0.2, 0.25) is 0 Å². The van der Waals surface area contributed by atoms with Gasteiger partial charge in [-0.2, -0.15) is 0 Å². The van der Waals surface area contributed by atoms with E-state index in [-0.39, 0.29) is 0 Å². The highest BCUT2D eigenvalue weighted by Gasteiger charge is 2.08. The molecule has 4 nitrogen and oxygen atoms in total. The van der Waals surface area contributed by atoms with Gasteiger partial charge in [-0.15, -0.1) is 22.7 Å². The van der Waals surface area contributed by atoms with Gasteiger partial charge in [-0.3, -0.25) is 0 Å². The van der Waals surface area contributed by atoms with E-state index in [0.29, 0.717) is 0 Å². The molecule has 0 radical (unpaired) electrons. The molecule has 34 heavy (non-hydrogen) atoms. The van der Waals surface area contributed by atoms with Crippen LogP contribution in [0, 0.1) is 0 Å². The summed E-state index contributed by atoms with van der Waals surface area (Å²) in [7, 11) is 0. The van der Waals surface area contributed by atoms with Gasteiger partial charge in [-0.05, 0) is 43.2 Å². The van der Waals surface area contributed by atoms with E-state index in [9.17, 15) is 0 Å². The molecule has 170 valence electrons. The van der Waals surface area contributed by atoms with E-state index in [1.165, 1.54) is 22.5 Å². The van der Waals surface area contributed by atoms with Crippen LogP contribution in [0.25, 0.3) is 22.5 Å². The SMILES string of the molecule is CCn1c(-c2ccccc2)csc1=Nc1cccc(N=c2scc(-c3ccccc3)n2CC)c1. The summed E-state index contributed by atoms with van der Waals surface area (Å²) in [5.74, 6) is 0. The highest BCUT2D eigenvalue weighted by atomic mass is 32.1. The summed E-state index contributed by atoms with van der Waals surface area (Å²) >= 11 is 3.34. The number of rotatable bonds is 6. The third-order valence-corrected chi connectivity index (χ3v) is 7.37. The van der Waals surface area contributed by atoms with Crippen LogP contribution < -0.4 is 9.60 Å². The van der Waals surface area contributed by atoms with Crippen molar-refractivity contribution >= 4 is 34.0 Å². The molecule has 5 rings (SSSR count). The largest absolute Gasteiger partial charge is 0.317 e. The Kier molecular flexibility index (Phi) is 6.70. The van der Waals surface area contributed by atoms with Gasteiger partial charge in [0, 0.05) is 23.8 Å². The van der Waals surface area contributed by atoms with Gasteiger partial charge in [-0.25, -0.2) is 9.98 Å². The summed E-state index contributed by atoms with van der Waals surface area (Å²) in [6.45, 7) is 6.05. The summed E-state index contributed by atoms with van der Waals surface area (Å²) in [6.07, 6.45) is 0. The molecule has 0 bridgehead atoms. The molecule has 2 aromatic heterocycles. The Balaban J connectivity index is 1.53. The van der Waals surface area contributed by atoms with Crippen molar-refractivity contribution in [2.45, 2.75) is 26.9 Å². The molecule has 0 N–H and O–H groups in total. The molecule has 0 atom stereocenters. The van der Waals surface area contributed by atoms with Gasteiger partial charge in [0.05, 0.1) is 22.8 Å². The molecule has 6 heteroatoms. The Hall–Kier alpha value is -3.48. The van der Waals surface area contributed by atoms with E-state index in [4.69, 9.17) is 9.98 Å². The summed E-state index contributed by atoms with van der Waals surface area (Å²) in [6, 6.07) is 29.1. The quantitative estimate of drug-likeness (QED) is 0.244. The topological polar surface area (TPSA) is 34.6 Å². The number of hydrogen-bond acceptors (Lipinski definition) is 4. The van der Waals surface area contributed by atoms with E-state index in [0.717, 1.165) is 34.1 Å². The Morgan fingerprint density at radius 3 is 1.44 bits per heavy atom. The maximum absolute atomic E-state index is 4.97. The summed E-state index contributed by atoms with van der Waals surface area (Å²) in [4.78, 5) is 11.9. The molecule has 5 aromatic rings. The average Bonchev–Trinajstić information content (AvgIpc) is 3.48. The Morgan fingerprint density at radius 1 is 0.588 bits per heavy atom. The smallest absolute Gasteiger partial charge is 0.190 e. The zero-order valence-electron chi connectivity index (χ0n) is 19.3. The minimum atomic E-state index is 0.866. The van der Waals surface area contributed by atoms with Crippen molar-refractivity contribution in [1.29, 1.82) is 0 Å². The molecule has 0 aliphatic carbocycles. The third-order valence-electron chi connectivity index (χ3n) is 5.65. The third kappa shape index (κ3) is 4.60. The van der Waals surface area contributed by atoms with Gasteiger partial charge in [0.25, 0.3) is 0 Å². The number of hydrogen-bond donors (Lipinski definition) is 0.